The SMILES string of the molecule is Cc1cccc(S(=O)(=O)NCC(c2cccs2)N2CCN(C)CC2)c1. The summed E-state index contributed by atoms with van der Waals surface area (Å²) in [4.78, 5) is 6.22. The molecule has 1 unspecified atom stereocenters. The molecule has 0 bridgehead atoms. The van der Waals surface area contributed by atoms with Crippen molar-refractivity contribution in [2.75, 3.05) is 39.8 Å². The van der Waals surface area contributed by atoms with E-state index in [9.17, 15) is 8.42 Å². The van der Waals surface area contributed by atoms with Crippen LogP contribution in [0.1, 0.15) is 16.5 Å². The largest absolute Gasteiger partial charge is 0.304 e. The summed E-state index contributed by atoms with van der Waals surface area (Å²) < 4.78 is 28.1. The predicted molar refractivity (Wildman–Crippen MR) is 102 cm³/mol. The molecule has 136 valence electrons. The molecule has 2 heterocycles. The van der Waals surface area contributed by atoms with Crippen molar-refractivity contribution in [2.24, 2.45) is 0 Å². The molecule has 0 radical (unpaired) electrons. The van der Waals surface area contributed by atoms with Crippen LogP contribution in [0.15, 0.2) is 46.7 Å². The van der Waals surface area contributed by atoms with Crippen molar-refractivity contribution in [1.82, 2.24) is 14.5 Å². The van der Waals surface area contributed by atoms with E-state index in [1.165, 1.54) is 4.88 Å². The highest BCUT2D eigenvalue weighted by molar-refractivity contribution is 7.89. The van der Waals surface area contributed by atoms with E-state index in [1.807, 2.05) is 24.4 Å². The van der Waals surface area contributed by atoms with E-state index >= 15 is 0 Å². The molecule has 1 aromatic heterocycles. The second kappa shape index (κ2) is 7.97. The van der Waals surface area contributed by atoms with Crippen LogP contribution in [0.5, 0.6) is 0 Å². The minimum absolute atomic E-state index is 0.0771. The summed E-state index contributed by atoms with van der Waals surface area (Å²) in [5.74, 6) is 0. The van der Waals surface area contributed by atoms with Gasteiger partial charge in [-0.2, -0.15) is 0 Å². The third kappa shape index (κ3) is 4.68. The van der Waals surface area contributed by atoms with Crippen LogP contribution < -0.4 is 4.72 Å². The molecule has 1 aliphatic heterocycles. The molecule has 1 saturated heterocycles. The van der Waals surface area contributed by atoms with Gasteiger partial charge in [0.2, 0.25) is 10.0 Å². The Hall–Kier alpha value is -1.25. The Morgan fingerprint density at radius 3 is 2.56 bits per heavy atom. The van der Waals surface area contributed by atoms with Crippen LogP contribution in [0.25, 0.3) is 0 Å². The van der Waals surface area contributed by atoms with E-state index in [2.05, 4.69) is 27.6 Å². The molecule has 2 aromatic rings. The van der Waals surface area contributed by atoms with Gasteiger partial charge in [-0.1, -0.05) is 18.2 Å². The summed E-state index contributed by atoms with van der Waals surface area (Å²) in [6.45, 7) is 6.20. The minimum atomic E-state index is -3.50. The molecule has 3 rings (SSSR count). The fraction of sp³-hybridized carbons (Fsp3) is 0.444. The summed E-state index contributed by atoms with van der Waals surface area (Å²) in [6.07, 6.45) is 0. The van der Waals surface area contributed by atoms with E-state index in [-0.39, 0.29) is 6.04 Å². The average molecular weight is 380 g/mol. The summed E-state index contributed by atoms with van der Waals surface area (Å²) in [5, 5.41) is 2.05. The molecule has 5 nitrogen and oxygen atoms in total. The van der Waals surface area contributed by atoms with Gasteiger partial charge >= 0.3 is 0 Å². The molecule has 1 aliphatic rings. The maximum Gasteiger partial charge on any atom is 0.240 e. The van der Waals surface area contributed by atoms with E-state index in [0.29, 0.717) is 11.4 Å². The molecular formula is C18H25N3O2S2. The summed E-state index contributed by atoms with van der Waals surface area (Å²) in [6, 6.07) is 11.2. The standard InChI is InChI=1S/C18H25N3O2S2/c1-15-5-3-6-16(13-15)25(22,23)19-14-17(18-7-4-12-24-18)21-10-8-20(2)9-11-21/h3-7,12-13,17,19H,8-11,14H2,1-2H3. The first-order chi connectivity index (χ1) is 12.0. The summed E-state index contributed by atoms with van der Waals surface area (Å²) in [7, 11) is -1.38. The second-order valence-electron chi connectivity index (χ2n) is 6.54. The summed E-state index contributed by atoms with van der Waals surface area (Å²) >= 11 is 1.68. The van der Waals surface area contributed by atoms with Crippen LogP contribution >= 0.6 is 11.3 Å². The van der Waals surface area contributed by atoms with Crippen molar-refractivity contribution in [2.45, 2.75) is 17.9 Å². The van der Waals surface area contributed by atoms with Crippen molar-refractivity contribution in [1.29, 1.82) is 0 Å². The number of sulfonamides is 1. The Labute approximate surface area is 154 Å². The van der Waals surface area contributed by atoms with Crippen molar-refractivity contribution in [3.8, 4) is 0 Å². The number of aryl methyl sites for hydroxylation is 1. The third-order valence-corrected chi connectivity index (χ3v) is 7.01. The maximum atomic E-state index is 12.7. The van der Waals surface area contributed by atoms with E-state index in [1.54, 1.807) is 29.5 Å². The molecule has 1 atom stereocenters. The molecule has 0 saturated carbocycles. The van der Waals surface area contributed by atoms with Gasteiger partial charge in [0.15, 0.2) is 0 Å². The van der Waals surface area contributed by atoms with Crippen LogP contribution in [0.3, 0.4) is 0 Å². The zero-order valence-electron chi connectivity index (χ0n) is 14.7. The lowest BCUT2D eigenvalue weighted by atomic mass is 10.2. The van der Waals surface area contributed by atoms with Crippen molar-refractivity contribution >= 4 is 21.4 Å². The Balaban J connectivity index is 1.74. The number of likely N-dealkylation sites (N-methyl/N-ethyl adjacent to an activating group) is 1. The third-order valence-electron chi connectivity index (χ3n) is 4.62. The zero-order valence-corrected chi connectivity index (χ0v) is 16.3. The molecule has 0 aliphatic carbocycles. The van der Waals surface area contributed by atoms with Gasteiger partial charge in [-0.05, 0) is 43.1 Å². The van der Waals surface area contributed by atoms with Crippen molar-refractivity contribution in [3.05, 3.63) is 52.2 Å². The fourth-order valence-corrected chi connectivity index (χ4v) is 5.08. The lowest BCUT2D eigenvalue weighted by Crippen LogP contribution is -2.48. The van der Waals surface area contributed by atoms with Gasteiger partial charge in [0, 0.05) is 37.6 Å². The Kier molecular flexibility index (Phi) is 5.91. The fourth-order valence-electron chi connectivity index (χ4n) is 3.08. The molecule has 0 spiro atoms. The maximum absolute atomic E-state index is 12.7. The first-order valence-corrected chi connectivity index (χ1v) is 10.8. The highest BCUT2D eigenvalue weighted by Gasteiger charge is 2.26. The summed E-state index contributed by atoms with van der Waals surface area (Å²) in [5.41, 5.74) is 0.941. The predicted octanol–water partition coefficient (Wildman–Crippen LogP) is 2.32. The quantitative estimate of drug-likeness (QED) is 0.837. The molecule has 0 amide bonds. The van der Waals surface area contributed by atoms with Crippen LogP contribution in [0.4, 0.5) is 0 Å². The number of hydrogen-bond donors (Lipinski definition) is 1. The van der Waals surface area contributed by atoms with Crippen LogP contribution in [0.2, 0.25) is 0 Å². The van der Waals surface area contributed by atoms with Gasteiger partial charge < -0.3 is 4.90 Å². The first kappa shape index (κ1) is 18.5. The number of nitrogens with zero attached hydrogens (tertiary/aromatic N) is 2. The van der Waals surface area contributed by atoms with Gasteiger partial charge in [0.25, 0.3) is 0 Å². The number of thiophene rings is 1. The molecule has 7 heteroatoms. The Morgan fingerprint density at radius 2 is 1.92 bits per heavy atom. The van der Waals surface area contributed by atoms with Gasteiger partial charge in [0.1, 0.15) is 0 Å². The Bertz CT molecular complexity index is 782. The monoisotopic (exact) mass is 379 g/mol. The van der Waals surface area contributed by atoms with Crippen molar-refractivity contribution in [3.63, 3.8) is 0 Å². The number of benzene rings is 1. The molecular weight excluding hydrogens is 354 g/mol. The number of piperazine rings is 1. The highest BCUT2D eigenvalue weighted by Crippen LogP contribution is 2.26. The van der Waals surface area contributed by atoms with Crippen LogP contribution in [-0.4, -0.2) is 58.0 Å². The van der Waals surface area contributed by atoms with Gasteiger partial charge in [-0.25, -0.2) is 13.1 Å². The molecule has 25 heavy (non-hydrogen) atoms. The Morgan fingerprint density at radius 1 is 1.16 bits per heavy atom. The topological polar surface area (TPSA) is 52.7 Å². The van der Waals surface area contributed by atoms with Gasteiger partial charge in [-0.3, -0.25) is 4.90 Å². The van der Waals surface area contributed by atoms with Crippen LogP contribution in [-0.2, 0) is 10.0 Å². The van der Waals surface area contributed by atoms with Gasteiger partial charge in [-0.15, -0.1) is 11.3 Å². The molecule has 1 fully saturated rings. The van der Waals surface area contributed by atoms with E-state index in [4.69, 9.17) is 0 Å². The normalized spacial score (nSPS) is 18.3. The lowest BCUT2D eigenvalue weighted by Gasteiger charge is -2.37. The molecule has 1 N–H and O–H groups in total. The molecule has 1 aromatic carbocycles. The van der Waals surface area contributed by atoms with E-state index in [0.717, 1.165) is 31.7 Å². The lowest BCUT2D eigenvalue weighted by molar-refractivity contribution is 0.114. The first-order valence-electron chi connectivity index (χ1n) is 8.48. The number of nitrogens with one attached hydrogen (secondary N) is 1. The van der Waals surface area contributed by atoms with Crippen molar-refractivity contribution < 1.29 is 8.42 Å². The number of rotatable bonds is 6. The van der Waals surface area contributed by atoms with Crippen LogP contribution in [0, 0.1) is 6.92 Å². The van der Waals surface area contributed by atoms with E-state index < -0.39 is 10.0 Å². The second-order valence-corrected chi connectivity index (χ2v) is 9.29. The smallest absolute Gasteiger partial charge is 0.240 e. The number of hydrogen-bond acceptors (Lipinski definition) is 5. The zero-order chi connectivity index (χ0) is 17.9. The average Bonchev–Trinajstić information content (AvgIpc) is 3.11. The van der Waals surface area contributed by atoms with Gasteiger partial charge in [0.05, 0.1) is 10.9 Å². The minimum Gasteiger partial charge on any atom is -0.304 e. The highest BCUT2D eigenvalue weighted by atomic mass is 32.2.